The minimum absolute atomic E-state index is 0.0104. The van der Waals surface area contributed by atoms with Crippen LogP contribution in [0.5, 0.6) is 11.6 Å². The Bertz CT molecular complexity index is 795. The van der Waals surface area contributed by atoms with Crippen LogP contribution in [0.25, 0.3) is 0 Å². The normalized spacial score (nSPS) is 19.5. The van der Waals surface area contributed by atoms with Crippen molar-refractivity contribution >= 4 is 17.7 Å². The minimum atomic E-state index is -0.589. The highest BCUT2D eigenvalue weighted by Gasteiger charge is 2.24. The van der Waals surface area contributed by atoms with Gasteiger partial charge < -0.3 is 15.2 Å². The third-order valence-corrected chi connectivity index (χ3v) is 5.48. The van der Waals surface area contributed by atoms with Gasteiger partial charge in [-0.15, -0.1) is 11.8 Å². The van der Waals surface area contributed by atoms with Gasteiger partial charge in [-0.3, -0.25) is 4.79 Å². The first-order valence-corrected chi connectivity index (χ1v) is 10.2. The molecule has 0 bridgehead atoms. The summed E-state index contributed by atoms with van der Waals surface area (Å²) in [5, 5.41) is 12.2. The van der Waals surface area contributed by atoms with E-state index in [1.807, 2.05) is 24.5 Å². The van der Waals surface area contributed by atoms with Crippen LogP contribution in [0.3, 0.4) is 0 Å². The molecule has 1 aliphatic rings. The van der Waals surface area contributed by atoms with E-state index in [1.165, 1.54) is 0 Å². The number of halogens is 1. The smallest absolute Gasteiger partial charge is 0.257 e. The van der Waals surface area contributed by atoms with Crippen LogP contribution in [-0.2, 0) is 0 Å². The molecule has 1 aromatic heterocycles. The molecule has 0 atom stereocenters. The maximum atomic E-state index is 13.7. The SMILES string of the molecule is CSc1cccc(Oc2ncc(F)cc2C(=O)N[C@H]2CC[C@@H](CO)CC2)c1. The summed E-state index contributed by atoms with van der Waals surface area (Å²) in [6, 6.07) is 8.57. The molecule has 3 rings (SSSR count). The van der Waals surface area contributed by atoms with E-state index >= 15 is 0 Å². The Morgan fingerprint density at radius 3 is 2.81 bits per heavy atom. The van der Waals surface area contributed by atoms with Gasteiger partial charge in [0.1, 0.15) is 17.1 Å². The lowest BCUT2D eigenvalue weighted by Crippen LogP contribution is -2.38. The number of nitrogens with one attached hydrogen (secondary N) is 1. The van der Waals surface area contributed by atoms with Gasteiger partial charge in [-0.05, 0) is 62.1 Å². The zero-order valence-electron chi connectivity index (χ0n) is 15.2. The Morgan fingerprint density at radius 1 is 1.33 bits per heavy atom. The number of carbonyl (C=O) groups excluding carboxylic acids is 1. The molecule has 7 heteroatoms. The first kappa shape index (κ1) is 19.6. The number of hydrogen-bond acceptors (Lipinski definition) is 5. The summed E-state index contributed by atoms with van der Waals surface area (Å²) >= 11 is 1.57. The highest BCUT2D eigenvalue weighted by Crippen LogP contribution is 2.28. The number of aliphatic hydroxyl groups is 1. The van der Waals surface area contributed by atoms with Crippen LogP contribution in [0, 0.1) is 11.7 Å². The summed E-state index contributed by atoms with van der Waals surface area (Å²) in [6.07, 6.45) is 6.33. The molecule has 2 N–H and O–H groups in total. The fraction of sp³-hybridized carbons (Fsp3) is 0.400. The minimum Gasteiger partial charge on any atom is -0.438 e. The summed E-state index contributed by atoms with van der Waals surface area (Å²) in [6.45, 7) is 0.182. The Kier molecular flexibility index (Phi) is 6.68. The van der Waals surface area contributed by atoms with E-state index in [2.05, 4.69) is 10.3 Å². The second-order valence-corrected chi connectivity index (χ2v) is 7.54. The Hall–Kier alpha value is -2.12. The molecule has 0 radical (unpaired) electrons. The number of nitrogens with zero attached hydrogens (tertiary/aromatic N) is 1. The van der Waals surface area contributed by atoms with Crippen LogP contribution in [0.1, 0.15) is 36.0 Å². The van der Waals surface area contributed by atoms with Crippen molar-refractivity contribution in [3.63, 3.8) is 0 Å². The molecule has 144 valence electrons. The van der Waals surface area contributed by atoms with Crippen molar-refractivity contribution in [3.05, 3.63) is 47.9 Å². The van der Waals surface area contributed by atoms with Gasteiger partial charge in [-0.1, -0.05) is 6.07 Å². The lowest BCUT2D eigenvalue weighted by Gasteiger charge is -2.28. The number of rotatable bonds is 6. The highest BCUT2D eigenvalue weighted by molar-refractivity contribution is 7.98. The number of benzene rings is 1. The molecule has 0 saturated heterocycles. The molecule has 27 heavy (non-hydrogen) atoms. The Balaban J connectivity index is 1.74. The topological polar surface area (TPSA) is 71.5 Å². The predicted molar refractivity (Wildman–Crippen MR) is 103 cm³/mol. The molecule has 5 nitrogen and oxygen atoms in total. The molecular weight excluding hydrogens is 367 g/mol. The fourth-order valence-corrected chi connectivity index (χ4v) is 3.65. The first-order chi connectivity index (χ1) is 13.1. The monoisotopic (exact) mass is 390 g/mol. The quantitative estimate of drug-likeness (QED) is 0.729. The summed E-state index contributed by atoms with van der Waals surface area (Å²) < 4.78 is 19.5. The third-order valence-electron chi connectivity index (χ3n) is 4.76. The Labute approximate surface area is 162 Å². The van der Waals surface area contributed by atoms with Crippen molar-refractivity contribution in [1.82, 2.24) is 10.3 Å². The van der Waals surface area contributed by atoms with E-state index in [9.17, 15) is 14.3 Å². The van der Waals surface area contributed by atoms with Gasteiger partial charge in [-0.25, -0.2) is 9.37 Å². The van der Waals surface area contributed by atoms with E-state index in [0.29, 0.717) is 11.7 Å². The lowest BCUT2D eigenvalue weighted by molar-refractivity contribution is 0.0910. The first-order valence-electron chi connectivity index (χ1n) is 8.98. The number of hydrogen-bond donors (Lipinski definition) is 2. The van der Waals surface area contributed by atoms with Crippen molar-refractivity contribution in [2.45, 2.75) is 36.6 Å². The number of thioether (sulfide) groups is 1. The van der Waals surface area contributed by atoms with Gasteiger partial charge in [-0.2, -0.15) is 0 Å². The largest absolute Gasteiger partial charge is 0.438 e. The van der Waals surface area contributed by atoms with Crippen molar-refractivity contribution in [2.75, 3.05) is 12.9 Å². The van der Waals surface area contributed by atoms with Crippen LogP contribution in [0.2, 0.25) is 0 Å². The molecule has 1 saturated carbocycles. The van der Waals surface area contributed by atoms with Crippen molar-refractivity contribution in [3.8, 4) is 11.6 Å². The molecule has 0 aliphatic heterocycles. The fourth-order valence-electron chi connectivity index (χ4n) is 3.20. The summed E-state index contributed by atoms with van der Waals surface area (Å²) in [4.78, 5) is 17.7. The predicted octanol–water partition coefficient (Wildman–Crippen LogP) is 4.02. The van der Waals surface area contributed by atoms with Gasteiger partial charge >= 0.3 is 0 Å². The average molecular weight is 390 g/mol. The molecule has 1 aromatic carbocycles. The van der Waals surface area contributed by atoms with E-state index in [4.69, 9.17) is 4.74 Å². The van der Waals surface area contributed by atoms with E-state index in [0.717, 1.165) is 42.8 Å². The highest BCUT2D eigenvalue weighted by atomic mass is 32.2. The third kappa shape index (κ3) is 5.20. The molecule has 1 amide bonds. The van der Waals surface area contributed by atoms with Crippen LogP contribution in [0.15, 0.2) is 41.4 Å². The number of aliphatic hydroxyl groups excluding tert-OH is 1. The second-order valence-electron chi connectivity index (χ2n) is 6.66. The number of pyridine rings is 1. The molecule has 1 heterocycles. The number of ether oxygens (including phenoxy) is 1. The van der Waals surface area contributed by atoms with Crippen molar-refractivity contribution in [2.24, 2.45) is 5.92 Å². The van der Waals surface area contributed by atoms with Gasteiger partial charge in [0.2, 0.25) is 5.88 Å². The van der Waals surface area contributed by atoms with Crippen molar-refractivity contribution < 1.29 is 19.0 Å². The zero-order valence-corrected chi connectivity index (χ0v) is 16.0. The number of amides is 1. The van der Waals surface area contributed by atoms with E-state index < -0.39 is 11.7 Å². The van der Waals surface area contributed by atoms with Gasteiger partial charge in [0.05, 0.1) is 6.20 Å². The summed E-state index contributed by atoms with van der Waals surface area (Å²) in [7, 11) is 0. The van der Waals surface area contributed by atoms with Gasteiger partial charge in [0, 0.05) is 17.5 Å². The summed E-state index contributed by atoms with van der Waals surface area (Å²) in [5.74, 6) is -0.0638. The van der Waals surface area contributed by atoms with Crippen LogP contribution >= 0.6 is 11.8 Å². The van der Waals surface area contributed by atoms with Gasteiger partial charge in [0.15, 0.2) is 0 Å². The molecule has 1 fully saturated rings. The lowest BCUT2D eigenvalue weighted by atomic mass is 9.86. The number of carbonyl (C=O) groups is 1. The van der Waals surface area contributed by atoms with E-state index in [-0.39, 0.29) is 24.1 Å². The maximum absolute atomic E-state index is 13.7. The van der Waals surface area contributed by atoms with Crippen LogP contribution in [0.4, 0.5) is 4.39 Å². The van der Waals surface area contributed by atoms with Gasteiger partial charge in [0.25, 0.3) is 5.91 Å². The molecule has 2 aromatic rings. The Morgan fingerprint density at radius 2 is 2.11 bits per heavy atom. The standard InChI is InChI=1S/C20H23FN2O3S/c1-27-17-4-2-3-16(10-17)26-20-18(9-14(21)11-22-20)19(25)23-15-7-5-13(12-24)6-8-15/h2-4,9-11,13,15,24H,5-8,12H2,1H3,(H,23,25)/t13-,15+. The van der Waals surface area contributed by atoms with Crippen LogP contribution in [-0.4, -0.2) is 34.9 Å². The molecule has 0 spiro atoms. The van der Waals surface area contributed by atoms with Crippen LogP contribution < -0.4 is 10.1 Å². The average Bonchev–Trinajstić information content (AvgIpc) is 2.70. The maximum Gasteiger partial charge on any atom is 0.257 e. The molecular formula is C20H23FN2O3S. The summed E-state index contributed by atoms with van der Waals surface area (Å²) in [5.41, 5.74) is 0.0776. The second kappa shape index (κ2) is 9.19. The van der Waals surface area contributed by atoms with Crippen molar-refractivity contribution in [1.29, 1.82) is 0 Å². The molecule has 0 unspecified atom stereocenters. The number of aromatic nitrogens is 1. The van der Waals surface area contributed by atoms with E-state index in [1.54, 1.807) is 17.8 Å². The molecule has 1 aliphatic carbocycles. The zero-order chi connectivity index (χ0) is 19.2.